The summed E-state index contributed by atoms with van der Waals surface area (Å²) in [5.74, 6) is -0.0957. The number of carbonyl (C=O) groups excluding carboxylic acids is 1. The van der Waals surface area contributed by atoms with Crippen molar-refractivity contribution in [2.45, 2.75) is 6.92 Å². The van der Waals surface area contributed by atoms with Crippen LogP contribution in [0.3, 0.4) is 0 Å². The fourth-order valence-electron chi connectivity index (χ4n) is 2.48. The Bertz CT molecular complexity index is 846. The smallest absolute Gasteiger partial charge is 0.259 e. The number of hydrogen-bond acceptors (Lipinski definition) is 3. The first-order valence-corrected chi connectivity index (χ1v) is 7.75. The molecule has 2 aromatic carbocycles. The summed E-state index contributed by atoms with van der Waals surface area (Å²) in [6.07, 6.45) is 3.30. The van der Waals surface area contributed by atoms with Gasteiger partial charge in [-0.25, -0.2) is 0 Å². The molecule has 1 aromatic heterocycles. The molecule has 0 spiro atoms. The number of hydrogen-bond donors (Lipinski definition) is 1. The van der Waals surface area contributed by atoms with E-state index in [-0.39, 0.29) is 5.91 Å². The van der Waals surface area contributed by atoms with Gasteiger partial charge in [0.2, 0.25) is 0 Å². The highest BCUT2D eigenvalue weighted by Gasteiger charge is 2.14. The van der Waals surface area contributed by atoms with Gasteiger partial charge in [0.1, 0.15) is 0 Å². The molecule has 1 heterocycles. The minimum Gasteiger partial charge on any atom is -0.354 e. The Kier molecular flexibility index (Phi) is 4.57. The lowest BCUT2D eigenvalue weighted by atomic mass is 10.2. The summed E-state index contributed by atoms with van der Waals surface area (Å²) in [6.45, 7) is 2.04. The molecule has 1 amide bonds. The number of rotatable bonds is 4. The molecule has 0 radical (unpaired) electrons. The molecule has 0 saturated heterocycles. The molecule has 3 rings (SSSR count). The van der Waals surface area contributed by atoms with Gasteiger partial charge in [-0.05, 0) is 42.8 Å². The fourth-order valence-corrected chi connectivity index (χ4v) is 2.48. The fraction of sp³-hybridized carbons (Fsp3) is 0.100. The third kappa shape index (κ3) is 3.60. The molecule has 0 aliphatic carbocycles. The van der Waals surface area contributed by atoms with Crippen molar-refractivity contribution in [1.82, 2.24) is 4.98 Å². The second-order valence-corrected chi connectivity index (χ2v) is 5.66. The first kappa shape index (κ1) is 15.7. The number of nitrogens with one attached hydrogen (secondary N) is 1. The molecule has 1 N–H and O–H groups in total. The first-order chi connectivity index (χ1) is 11.6. The van der Waals surface area contributed by atoms with Crippen LogP contribution in [0.4, 0.5) is 17.1 Å². The van der Waals surface area contributed by atoms with E-state index in [1.807, 2.05) is 67.6 Å². The van der Waals surface area contributed by atoms with E-state index in [0.29, 0.717) is 5.56 Å². The Labute approximate surface area is 141 Å². The van der Waals surface area contributed by atoms with E-state index in [2.05, 4.69) is 10.3 Å². The summed E-state index contributed by atoms with van der Waals surface area (Å²) in [4.78, 5) is 18.5. The average Bonchev–Trinajstić information content (AvgIpc) is 2.61. The molecule has 4 nitrogen and oxygen atoms in total. The Morgan fingerprint density at radius 3 is 2.50 bits per heavy atom. The number of anilines is 3. The SMILES string of the molecule is Cc1cccc(Nc2cncc(C(=O)N(C)c3ccccc3)c2)c1. The number of aryl methyl sites for hydroxylation is 1. The lowest BCUT2D eigenvalue weighted by molar-refractivity contribution is 0.0992. The van der Waals surface area contributed by atoms with E-state index in [0.717, 1.165) is 17.1 Å². The van der Waals surface area contributed by atoms with Crippen molar-refractivity contribution >= 4 is 23.0 Å². The molecule has 0 bridgehead atoms. The number of aromatic nitrogens is 1. The predicted octanol–water partition coefficient (Wildman–Crippen LogP) is 4.41. The highest BCUT2D eigenvalue weighted by atomic mass is 16.2. The van der Waals surface area contributed by atoms with Crippen molar-refractivity contribution in [2.24, 2.45) is 0 Å². The maximum absolute atomic E-state index is 12.7. The quantitative estimate of drug-likeness (QED) is 0.775. The molecule has 3 aromatic rings. The molecule has 0 aliphatic rings. The minimum atomic E-state index is -0.0957. The molecule has 0 aliphatic heterocycles. The monoisotopic (exact) mass is 317 g/mol. The zero-order chi connectivity index (χ0) is 16.9. The van der Waals surface area contributed by atoms with E-state index in [1.165, 1.54) is 5.56 Å². The van der Waals surface area contributed by atoms with Crippen LogP contribution in [0.25, 0.3) is 0 Å². The van der Waals surface area contributed by atoms with Crippen LogP contribution >= 0.6 is 0 Å². The summed E-state index contributed by atoms with van der Waals surface area (Å²) in [5.41, 5.74) is 4.31. The van der Waals surface area contributed by atoms with Crippen LogP contribution in [0.5, 0.6) is 0 Å². The Morgan fingerprint density at radius 1 is 0.958 bits per heavy atom. The Balaban J connectivity index is 1.81. The summed E-state index contributed by atoms with van der Waals surface area (Å²) in [7, 11) is 1.76. The van der Waals surface area contributed by atoms with Crippen molar-refractivity contribution < 1.29 is 4.79 Å². The van der Waals surface area contributed by atoms with Gasteiger partial charge in [-0.3, -0.25) is 9.78 Å². The molecule has 0 atom stereocenters. The zero-order valence-electron chi connectivity index (χ0n) is 13.7. The summed E-state index contributed by atoms with van der Waals surface area (Å²) >= 11 is 0. The van der Waals surface area contributed by atoms with Crippen molar-refractivity contribution in [1.29, 1.82) is 0 Å². The van der Waals surface area contributed by atoms with Gasteiger partial charge in [0.15, 0.2) is 0 Å². The molecular weight excluding hydrogens is 298 g/mol. The number of carbonyl (C=O) groups is 1. The molecule has 4 heteroatoms. The summed E-state index contributed by atoms with van der Waals surface area (Å²) in [6, 6.07) is 19.4. The Hall–Kier alpha value is -3.14. The molecule has 120 valence electrons. The van der Waals surface area contributed by atoms with Crippen LogP contribution < -0.4 is 10.2 Å². The lowest BCUT2D eigenvalue weighted by Crippen LogP contribution is -2.26. The third-order valence-electron chi connectivity index (χ3n) is 3.74. The number of para-hydroxylation sites is 1. The second-order valence-electron chi connectivity index (χ2n) is 5.66. The van der Waals surface area contributed by atoms with E-state index in [4.69, 9.17) is 0 Å². The average molecular weight is 317 g/mol. The topological polar surface area (TPSA) is 45.2 Å². The van der Waals surface area contributed by atoms with Gasteiger partial charge in [0.25, 0.3) is 5.91 Å². The van der Waals surface area contributed by atoms with Crippen molar-refractivity contribution in [3.05, 3.63) is 84.2 Å². The van der Waals surface area contributed by atoms with Crippen molar-refractivity contribution in [3.8, 4) is 0 Å². The second kappa shape index (κ2) is 6.96. The summed E-state index contributed by atoms with van der Waals surface area (Å²) in [5, 5.41) is 3.29. The molecule has 0 fully saturated rings. The predicted molar refractivity (Wildman–Crippen MR) is 97.9 cm³/mol. The van der Waals surface area contributed by atoms with Gasteiger partial charge in [0, 0.05) is 24.6 Å². The highest BCUT2D eigenvalue weighted by molar-refractivity contribution is 6.06. The van der Waals surface area contributed by atoms with Gasteiger partial charge in [-0.1, -0.05) is 30.3 Å². The van der Waals surface area contributed by atoms with Gasteiger partial charge < -0.3 is 10.2 Å². The van der Waals surface area contributed by atoms with Crippen LogP contribution in [-0.4, -0.2) is 17.9 Å². The van der Waals surface area contributed by atoms with E-state index >= 15 is 0 Å². The molecule has 0 unspecified atom stereocenters. The maximum atomic E-state index is 12.7. The van der Waals surface area contributed by atoms with Crippen molar-refractivity contribution in [3.63, 3.8) is 0 Å². The lowest BCUT2D eigenvalue weighted by Gasteiger charge is -2.17. The van der Waals surface area contributed by atoms with Crippen LogP contribution in [0.1, 0.15) is 15.9 Å². The first-order valence-electron chi connectivity index (χ1n) is 7.75. The van der Waals surface area contributed by atoms with Crippen LogP contribution in [0.2, 0.25) is 0 Å². The molecular formula is C20H19N3O. The maximum Gasteiger partial charge on any atom is 0.259 e. The Morgan fingerprint density at radius 2 is 1.75 bits per heavy atom. The zero-order valence-corrected chi connectivity index (χ0v) is 13.7. The highest BCUT2D eigenvalue weighted by Crippen LogP contribution is 2.20. The number of nitrogens with zero attached hydrogens (tertiary/aromatic N) is 2. The normalized spacial score (nSPS) is 10.2. The van der Waals surface area contributed by atoms with E-state index < -0.39 is 0 Å². The van der Waals surface area contributed by atoms with E-state index in [1.54, 1.807) is 24.3 Å². The minimum absolute atomic E-state index is 0.0957. The van der Waals surface area contributed by atoms with Crippen LogP contribution in [-0.2, 0) is 0 Å². The van der Waals surface area contributed by atoms with Gasteiger partial charge in [0.05, 0.1) is 17.4 Å². The van der Waals surface area contributed by atoms with Crippen LogP contribution in [0.15, 0.2) is 73.1 Å². The van der Waals surface area contributed by atoms with Gasteiger partial charge in [-0.15, -0.1) is 0 Å². The van der Waals surface area contributed by atoms with E-state index in [9.17, 15) is 4.79 Å². The number of pyridine rings is 1. The third-order valence-corrected chi connectivity index (χ3v) is 3.74. The number of benzene rings is 2. The van der Waals surface area contributed by atoms with Gasteiger partial charge >= 0.3 is 0 Å². The van der Waals surface area contributed by atoms with Gasteiger partial charge in [-0.2, -0.15) is 0 Å². The van der Waals surface area contributed by atoms with Crippen LogP contribution in [0, 0.1) is 6.92 Å². The number of amides is 1. The largest absolute Gasteiger partial charge is 0.354 e. The standard InChI is InChI=1S/C20H19N3O/c1-15-7-6-8-17(11-15)22-18-12-16(13-21-14-18)20(24)23(2)19-9-4-3-5-10-19/h3-14,22H,1-2H3. The van der Waals surface area contributed by atoms with Crippen molar-refractivity contribution in [2.75, 3.05) is 17.3 Å². The molecule has 0 saturated carbocycles. The molecule has 24 heavy (non-hydrogen) atoms. The summed E-state index contributed by atoms with van der Waals surface area (Å²) < 4.78 is 0.